The van der Waals surface area contributed by atoms with Crippen molar-refractivity contribution in [3.05, 3.63) is 0 Å². The molecule has 0 aliphatic rings. The van der Waals surface area contributed by atoms with Crippen LogP contribution in [0.3, 0.4) is 0 Å². The van der Waals surface area contributed by atoms with E-state index < -0.39 is 0 Å². The normalized spacial score (nSPS) is 9.31. The largest absolute Gasteiger partial charge is 0.457 e. The molecule has 0 unspecified atom stereocenters. The summed E-state index contributed by atoms with van der Waals surface area (Å²) in [7, 11) is 0. The van der Waals surface area contributed by atoms with E-state index in [0.29, 0.717) is 12.4 Å². The second kappa shape index (κ2) is 9.03. The first-order valence-electron chi connectivity index (χ1n) is 4.61. The number of rotatable bonds is 8. The van der Waals surface area contributed by atoms with E-state index in [2.05, 4.69) is 17.0 Å². The minimum Gasteiger partial charge on any atom is -0.457 e. The Morgan fingerprint density at radius 2 is 2.31 bits per heavy atom. The van der Waals surface area contributed by atoms with Crippen LogP contribution in [0.15, 0.2) is 0 Å². The van der Waals surface area contributed by atoms with Gasteiger partial charge in [-0.3, -0.25) is 5.41 Å². The number of amidine groups is 1. The summed E-state index contributed by atoms with van der Waals surface area (Å²) in [6.45, 7) is 4.70. The summed E-state index contributed by atoms with van der Waals surface area (Å²) in [6, 6.07) is 0. The zero-order valence-electron chi connectivity index (χ0n) is 8.06. The Morgan fingerprint density at radius 3 is 2.92 bits per heavy atom. The van der Waals surface area contributed by atoms with E-state index >= 15 is 0 Å². The molecule has 0 aliphatic carbocycles. The molecule has 4 heteroatoms. The predicted molar refractivity (Wildman–Crippen MR) is 51.5 cm³/mol. The Kier molecular flexibility index (Phi) is 8.30. The van der Waals surface area contributed by atoms with E-state index in [1.807, 2.05) is 0 Å². The molecule has 0 rings (SSSR count). The first-order valence-corrected chi connectivity index (χ1v) is 4.61. The van der Waals surface area contributed by atoms with Gasteiger partial charge in [-0.1, -0.05) is 6.92 Å². The van der Waals surface area contributed by atoms with Crippen LogP contribution in [0, 0.1) is 5.41 Å². The second-order valence-electron chi connectivity index (χ2n) is 2.79. The van der Waals surface area contributed by atoms with Crippen molar-refractivity contribution in [1.29, 1.82) is 5.41 Å². The van der Waals surface area contributed by atoms with Crippen LogP contribution in [-0.4, -0.2) is 25.5 Å². The fourth-order valence-electron chi connectivity index (χ4n) is 0.882. The van der Waals surface area contributed by atoms with Gasteiger partial charge < -0.3 is 10.1 Å². The van der Waals surface area contributed by atoms with Crippen LogP contribution in [0.4, 0.5) is 0 Å². The number of nitrogens with one attached hydrogen (secondary N) is 2. The lowest BCUT2D eigenvalue weighted by molar-refractivity contribution is 0.271. The van der Waals surface area contributed by atoms with Crippen LogP contribution in [0.25, 0.3) is 0 Å². The molecule has 0 saturated carbocycles. The van der Waals surface area contributed by atoms with E-state index in [9.17, 15) is 4.79 Å². The minimum atomic E-state index is 0.407. The predicted octanol–water partition coefficient (Wildman–Crippen LogP) is 1.22. The lowest BCUT2D eigenvalue weighted by atomic mass is 10.2. The molecule has 0 bridgehead atoms. The molecule has 0 heterocycles. The van der Waals surface area contributed by atoms with Gasteiger partial charge in [-0.15, -0.1) is 0 Å². The van der Waals surface area contributed by atoms with Crippen LogP contribution in [0.2, 0.25) is 0 Å². The SMILES string of the molecule is CCCNC(=N)CCCCO[C]=O. The molecular formula is C9H17N2O2. The second-order valence-corrected chi connectivity index (χ2v) is 2.79. The van der Waals surface area contributed by atoms with Crippen molar-refractivity contribution in [1.82, 2.24) is 5.32 Å². The van der Waals surface area contributed by atoms with Crippen LogP contribution in [0.1, 0.15) is 32.6 Å². The highest BCUT2D eigenvalue weighted by Gasteiger charge is 1.95. The van der Waals surface area contributed by atoms with Crippen molar-refractivity contribution in [3.63, 3.8) is 0 Å². The van der Waals surface area contributed by atoms with Gasteiger partial charge in [0.05, 0.1) is 12.4 Å². The topological polar surface area (TPSA) is 62.2 Å². The maximum Gasteiger partial charge on any atom is 0.417 e. The number of hydrogen-bond donors (Lipinski definition) is 2. The van der Waals surface area contributed by atoms with Gasteiger partial charge in [-0.2, -0.15) is 0 Å². The van der Waals surface area contributed by atoms with E-state index in [0.717, 1.165) is 32.2 Å². The van der Waals surface area contributed by atoms with Crippen molar-refractivity contribution in [2.45, 2.75) is 32.6 Å². The summed E-state index contributed by atoms with van der Waals surface area (Å²) in [5.74, 6) is 0.567. The molecular weight excluding hydrogens is 168 g/mol. The van der Waals surface area contributed by atoms with E-state index in [-0.39, 0.29) is 0 Å². The van der Waals surface area contributed by atoms with Gasteiger partial charge in [-0.05, 0) is 19.3 Å². The van der Waals surface area contributed by atoms with Crippen LogP contribution in [0.5, 0.6) is 0 Å². The molecule has 1 radical (unpaired) electrons. The summed E-state index contributed by atoms with van der Waals surface area (Å²) in [5, 5.41) is 10.4. The average Bonchev–Trinajstić information content (AvgIpc) is 2.14. The number of ether oxygens (including phenoxy) is 1. The third-order valence-electron chi connectivity index (χ3n) is 1.57. The van der Waals surface area contributed by atoms with Gasteiger partial charge in [0.15, 0.2) is 0 Å². The number of unbranched alkanes of at least 4 members (excludes halogenated alkanes) is 1. The summed E-state index contributed by atoms with van der Waals surface area (Å²) in [6.07, 6.45) is 3.43. The van der Waals surface area contributed by atoms with Gasteiger partial charge in [0.2, 0.25) is 0 Å². The van der Waals surface area contributed by atoms with Crippen molar-refractivity contribution >= 4 is 12.3 Å². The molecule has 0 atom stereocenters. The van der Waals surface area contributed by atoms with Crippen LogP contribution >= 0.6 is 0 Å². The smallest absolute Gasteiger partial charge is 0.417 e. The molecule has 75 valence electrons. The quantitative estimate of drug-likeness (QED) is 0.339. The molecule has 0 aromatic rings. The lowest BCUT2D eigenvalue weighted by Crippen LogP contribution is -2.22. The van der Waals surface area contributed by atoms with Crippen molar-refractivity contribution < 1.29 is 9.53 Å². The van der Waals surface area contributed by atoms with E-state index in [1.54, 1.807) is 0 Å². The molecule has 0 amide bonds. The Labute approximate surface area is 79.2 Å². The van der Waals surface area contributed by atoms with Crippen molar-refractivity contribution in [3.8, 4) is 0 Å². The summed E-state index contributed by atoms with van der Waals surface area (Å²) in [4.78, 5) is 9.64. The third kappa shape index (κ3) is 8.85. The highest BCUT2D eigenvalue weighted by atomic mass is 16.5. The fourth-order valence-corrected chi connectivity index (χ4v) is 0.882. The molecule has 0 spiro atoms. The molecule has 4 nitrogen and oxygen atoms in total. The molecule has 0 aliphatic heterocycles. The first kappa shape index (κ1) is 11.9. The van der Waals surface area contributed by atoms with Crippen LogP contribution < -0.4 is 5.32 Å². The Balaban J connectivity index is 3.12. The van der Waals surface area contributed by atoms with E-state index in [1.165, 1.54) is 6.47 Å². The molecule has 0 fully saturated rings. The molecule has 0 aromatic carbocycles. The summed E-state index contributed by atoms with van der Waals surface area (Å²) in [5.41, 5.74) is 0. The Hall–Kier alpha value is -1.06. The van der Waals surface area contributed by atoms with Gasteiger partial charge >= 0.3 is 6.47 Å². The molecule has 0 aromatic heterocycles. The van der Waals surface area contributed by atoms with E-state index in [4.69, 9.17) is 5.41 Å². The summed E-state index contributed by atoms with van der Waals surface area (Å²) < 4.78 is 4.40. The number of hydrogen-bond acceptors (Lipinski definition) is 3. The fraction of sp³-hybridized carbons (Fsp3) is 0.778. The zero-order valence-corrected chi connectivity index (χ0v) is 8.06. The van der Waals surface area contributed by atoms with Gasteiger partial charge in [0.1, 0.15) is 0 Å². The summed E-state index contributed by atoms with van der Waals surface area (Å²) >= 11 is 0. The standard InChI is InChI=1S/C9H17N2O2/c1-2-6-11-9(10)5-3-4-7-13-8-12/h2-7H2,1H3,(H2,10,11). The Bertz CT molecular complexity index is 149. The highest BCUT2D eigenvalue weighted by molar-refractivity contribution is 5.78. The maximum absolute atomic E-state index is 9.64. The van der Waals surface area contributed by atoms with Crippen LogP contribution in [-0.2, 0) is 9.53 Å². The van der Waals surface area contributed by atoms with Crippen molar-refractivity contribution in [2.24, 2.45) is 0 Å². The maximum atomic E-state index is 9.64. The Morgan fingerprint density at radius 1 is 1.54 bits per heavy atom. The van der Waals surface area contributed by atoms with Gasteiger partial charge in [0.25, 0.3) is 0 Å². The molecule has 13 heavy (non-hydrogen) atoms. The minimum absolute atomic E-state index is 0.407. The van der Waals surface area contributed by atoms with Gasteiger partial charge in [0, 0.05) is 13.0 Å². The first-order chi connectivity index (χ1) is 6.31. The highest BCUT2D eigenvalue weighted by Crippen LogP contribution is 1.95. The number of carbonyl (C=O) groups excluding carboxylic acids is 1. The molecule has 0 saturated heterocycles. The average molecular weight is 185 g/mol. The van der Waals surface area contributed by atoms with Gasteiger partial charge in [-0.25, -0.2) is 4.79 Å². The lowest BCUT2D eigenvalue weighted by Gasteiger charge is -2.05. The zero-order chi connectivity index (χ0) is 9.94. The van der Waals surface area contributed by atoms with Crippen molar-refractivity contribution in [2.75, 3.05) is 13.2 Å². The molecule has 2 N–H and O–H groups in total. The monoisotopic (exact) mass is 185 g/mol. The third-order valence-corrected chi connectivity index (χ3v) is 1.57.